The second-order valence-electron chi connectivity index (χ2n) is 3.45. The van der Waals surface area contributed by atoms with Crippen molar-refractivity contribution in [1.82, 2.24) is 4.90 Å². The Balaban J connectivity index is 4.20. The summed E-state index contributed by atoms with van der Waals surface area (Å²) >= 11 is 0. The molecule has 0 atom stereocenters. The second kappa shape index (κ2) is 5.70. The molecule has 0 radical (unpaired) electrons. The third-order valence-corrected chi connectivity index (χ3v) is 1.62. The molecule has 0 aromatic carbocycles. The smallest absolute Gasteiger partial charge is 0.229 e. The maximum Gasteiger partial charge on any atom is 0.229 e. The van der Waals surface area contributed by atoms with Crippen molar-refractivity contribution in [3.05, 3.63) is 0 Å². The predicted octanol–water partition coefficient (Wildman–Crippen LogP) is 0.366. The summed E-state index contributed by atoms with van der Waals surface area (Å²) in [6.07, 6.45) is 0.402. The van der Waals surface area contributed by atoms with Crippen molar-refractivity contribution in [3.8, 4) is 0 Å². The zero-order chi connectivity index (χ0) is 10.4. The topological polar surface area (TPSA) is 63.4 Å². The van der Waals surface area contributed by atoms with E-state index < -0.39 is 0 Å². The molecule has 0 aromatic heterocycles. The lowest BCUT2D eigenvalue weighted by Gasteiger charge is -2.18. The van der Waals surface area contributed by atoms with Crippen LogP contribution in [-0.2, 0) is 9.59 Å². The van der Waals surface area contributed by atoms with E-state index in [1.54, 1.807) is 0 Å². The highest BCUT2D eigenvalue weighted by molar-refractivity contribution is 5.94. The molecule has 0 fully saturated rings. The zero-order valence-electron chi connectivity index (χ0n) is 8.54. The Bertz CT molecular complexity index is 190. The molecular formula is C9H18N2O2. The summed E-state index contributed by atoms with van der Waals surface area (Å²) < 4.78 is 0. The Morgan fingerprint density at radius 3 is 2.23 bits per heavy atom. The van der Waals surface area contributed by atoms with Crippen LogP contribution in [0.15, 0.2) is 0 Å². The van der Waals surface area contributed by atoms with Crippen molar-refractivity contribution in [2.24, 2.45) is 11.7 Å². The molecule has 0 spiro atoms. The number of hydrogen-bond acceptors (Lipinski definition) is 3. The summed E-state index contributed by atoms with van der Waals surface area (Å²) in [6, 6.07) is 0. The van der Waals surface area contributed by atoms with Gasteiger partial charge in [0.2, 0.25) is 11.8 Å². The van der Waals surface area contributed by atoms with Crippen LogP contribution in [0.25, 0.3) is 0 Å². The van der Waals surface area contributed by atoms with Gasteiger partial charge in [-0.25, -0.2) is 0 Å². The van der Waals surface area contributed by atoms with Gasteiger partial charge < -0.3 is 5.73 Å². The van der Waals surface area contributed by atoms with Crippen LogP contribution in [0.4, 0.5) is 0 Å². The number of nitrogens with two attached hydrogens (primary N) is 1. The van der Waals surface area contributed by atoms with E-state index in [0.717, 1.165) is 0 Å². The van der Waals surface area contributed by atoms with E-state index >= 15 is 0 Å². The van der Waals surface area contributed by atoms with E-state index in [2.05, 4.69) is 0 Å². The van der Waals surface area contributed by atoms with Crippen LogP contribution < -0.4 is 5.73 Å². The molecule has 13 heavy (non-hydrogen) atoms. The molecule has 0 aliphatic heterocycles. The molecule has 4 nitrogen and oxygen atoms in total. The highest BCUT2D eigenvalue weighted by atomic mass is 16.2. The fourth-order valence-electron chi connectivity index (χ4n) is 1.05. The van der Waals surface area contributed by atoms with E-state index in [4.69, 9.17) is 5.73 Å². The summed E-state index contributed by atoms with van der Waals surface area (Å²) in [5, 5.41) is 0. The van der Waals surface area contributed by atoms with Gasteiger partial charge in [-0.3, -0.25) is 14.5 Å². The molecule has 0 saturated heterocycles. The fraction of sp³-hybridized carbons (Fsp3) is 0.778. The average Bonchev–Trinajstić information content (AvgIpc) is 1.97. The van der Waals surface area contributed by atoms with E-state index in [9.17, 15) is 9.59 Å². The number of rotatable bonds is 4. The van der Waals surface area contributed by atoms with Crippen molar-refractivity contribution < 1.29 is 9.59 Å². The minimum atomic E-state index is -0.226. The Kier molecular flexibility index (Phi) is 5.30. The third kappa shape index (κ3) is 4.62. The van der Waals surface area contributed by atoms with Crippen molar-refractivity contribution in [2.75, 3.05) is 13.1 Å². The molecule has 0 rings (SSSR count). The molecule has 2 amide bonds. The summed E-state index contributed by atoms with van der Waals surface area (Å²) in [5.41, 5.74) is 5.29. The maximum absolute atomic E-state index is 11.4. The molecule has 76 valence electrons. The number of carbonyl (C=O) groups excluding carboxylic acids is 2. The lowest BCUT2D eigenvalue weighted by molar-refractivity contribution is -0.143. The quantitative estimate of drug-likeness (QED) is 0.689. The van der Waals surface area contributed by atoms with Gasteiger partial charge in [0.25, 0.3) is 0 Å². The number of carbonyl (C=O) groups is 2. The molecular weight excluding hydrogens is 168 g/mol. The summed E-state index contributed by atoms with van der Waals surface area (Å²) in [6.45, 7) is 5.91. The minimum Gasteiger partial charge on any atom is -0.329 e. The molecule has 0 bridgehead atoms. The van der Waals surface area contributed by atoms with Crippen LogP contribution in [0.1, 0.15) is 27.2 Å². The van der Waals surface area contributed by atoms with Crippen molar-refractivity contribution in [3.63, 3.8) is 0 Å². The first-order chi connectivity index (χ1) is 5.99. The first kappa shape index (κ1) is 12.1. The van der Waals surface area contributed by atoms with Gasteiger partial charge in [0.05, 0.1) is 0 Å². The van der Waals surface area contributed by atoms with Gasteiger partial charge in [0.15, 0.2) is 0 Å². The summed E-state index contributed by atoms with van der Waals surface area (Å²) in [7, 11) is 0. The monoisotopic (exact) mass is 186 g/mol. The Labute approximate surface area is 79.1 Å². The Morgan fingerprint density at radius 2 is 1.92 bits per heavy atom. The molecule has 0 saturated carbocycles. The molecule has 4 heteroatoms. The maximum atomic E-state index is 11.4. The van der Waals surface area contributed by atoms with E-state index in [1.807, 2.05) is 13.8 Å². The first-order valence-electron chi connectivity index (χ1n) is 4.50. The molecule has 2 N–H and O–H groups in total. The van der Waals surface area contributed by atoms with Gasteiger partial charge in [0, 0.05) is 26.4 Å². The first-order valence-corrected chi connectivity index (χ1v) is 4.50. The summed E-state index contributed by atoms with van der Waals surface area (Å²) in [5.74, 6) is -0.0869. The molecule has 0 aromatic rings. The van der Waals surface area contributed by atoms with E-state index in [-0.39, 0.29) is 17.7 Å². The van der Waals surface area contributed by atoms with Gasteiger partial charge in [0.1, 0.15) is 0 Å². The number of nitrogens with zero attached hydrogens (tertiary/aromatic N) is 1. The van der Waals surface area contributed by atoms with Gasteiger partial charge in [-0.05, 0) is 5.92 Å². The van der Waals surface area contributed by atoms with Gasteiger partial charge in [-0.1, -0.05) is 13.8 Å². The van der Waals surface area contributed by atoms with Crippen LogP contribution >= 0.6 is 0 Å². The molecule has 0 heterocycles. The number of imide groups is 1. The standard InChI is InChI=1S/C9H18N2O2/c1-7(2)6-9(13)11(5-4-10)8(3)12/h7H,4-6,10H2,1-3H3. The lowest BCUT2D eigenvalue weighted by atomic mass is 10.1. The number of amides is 2. The molecule has 0 aliphatic rings. The molecule has 0 aliphatic carbocycles. The van der Waals surface area contributed by atoms with Crippen LogP contribution in [0.3, 0.4) is 0 Å². The predicted molar refractivity (Wildman–Crippen MR) is 50.9 cm³/mol. The normalized spacial score (nSPS) is 10.2. The zero-order valence-corrected chi connectivity index (χ0v) is 8.54. The minimum absolute atomic E-state index is 0.132. The largest absolute Gasteiger partial charge is 0.329 e. The van der Waals surface area contributed by atoms with Gasteiger partial charge in [-0.2, -0.15) is 0 Å². The van der Waals surface area contributed by atoms with Crippen LogP contribution in [0.2, 0.25) is 0 Å². The van der Waals surface area contributed by atoms with Crippen LogP contribution in [0.5, 0.6) is 0 Å². The van der Waals surface area contributed by atoms with Crippen LogP contribution in [-0.4, -0.2) is 29.8 Å². The third-order valence-electron chi connectivity index (χ3n) is 1.62. The van der Waals surface area contributed by atoms with Gasteiger partial charge in [-0.15, -0.1) is 0 Å². The van der Waals surface area contributed by atoms with Crippen LogP contribution in [0, 0.1) is 5.92 Å². The van der Waals surface area contributed by atoms with Gasteiger partial charge >= 0.3 is 0 Å². The average molecular weight is 186 g/mol. The van der Waals surface area contributed by atoms with Crippen molar-refractivity contribution in [1.29, 1.82) is 0 Å². The van der Waals surface area contributed by atoms with E-state index in [0.29, 0.717) is 19.5 Å². The Morgan fingerprint density at radius 1 is 1.38 bits per heavy atom. The highest BCUT2D eigenvalue weighted by Crippen LogP contribution is 2.03. The van der Waals surface area contributed by atoms with Crippen molar-refractivity contribution >= 4 is 11.8 Å². The SMILES string of the molecule is CC(=O)N(CCN)C(=O)CC(C)C. The Hall–Kier alpha value is -0.900. The van der Waals surface area contributed by atoms with Crippen molar-refractivity contribution in [2.45, 2.75) is 27.2 Å². The van der Waals surface area contributed by atoms with E-state index in [1.165, 1.54) is 11.8 Å². The molecule has 0 unspecified atom stereocenters. The summed E-state index contributed by atoms with van der Waals surface area (Å²) in [4.78, 5) is 23.6. The number of hydrogen-bond donors (Lipinski definition) is 1. The highest BCUT2D eigenvalue weighted by Gasteiger charge is 2.17. The lowest BCUT2D eigenvalue weighted by Crippen LogP contribution is -2.39. The fourth-order valence-corrected chi connectivity index (χ4v) is 1.05. The second-order valence-corrected chi connectivity index (χ2v) is 3.45.